The van der Waals surface area contributed by atoms with E-state index >= 15 is 0 Å². The Morgan fingerprint density at radius 2 is 1.89 bits per heavy atom. The average molecular weight is 508 g/mol. The number of aromatic nitrogens is 1. The highest BCUT2D eigenvalue weighted by molar-refractivity contribution is 7.17. The number of Topliss-reactive ketones (excluding diaryl/α,β-unsaturated/α-hetero) is 1. The topological polar surface area (TPSA) is 62.7 Å². The van der Waals surface area contributed by atoms with Crippen LogP contribution in [0, 0.1) is 5.92 Å². The van der Waals surface area contributed by atoms with Crippen molar-refractivity contribution in [2.75, 3.05) is 42.6 Å². The minimum absolute atomic E-state index is 0.149. The number of benzene rings is 1. The van der Waals surface area contributed by atoms with E-state index in [4.69, 9.17) is 16.3 Å². The highest BCUT2D eigenvalue weighted by Gasteiger charge is 2.30. The van der Waals surface area contributed by atoms with Crippen molar-refractivity contribution in [3.63, 3.8) is 0 Å². The van der Waals surface area contributed by atoms with Crippen LogP contribution in [-0.2, 0) is 11.2 Å². The number of thiophene rings is 1. The van der Waals surface area contributed by atoms with Gasteiger partial charge in [0.05, 0.1) is 28.8 Å². The number of fused-ring (bicyclic) bond motifs is 3. The van der Waals surface area contributed by atoms with Crippen LogP contribution in [0.2, 0.25) is 5.02 Å². The number of ether oxygens (including phenoxy) is 1. The van der Waals surface area contributed by atoms with Gasteiger partial charge in [0.2, 0.25) is 0 Å². The summed E-state index contributed by atoms with van der Waals surface area (Å²) in [6, 6.07) is 13.5. The van der Waals surface area contributed by atoms with Crippen molar-refractivity contribution in [2.24, 2.45) is 5.92 Å². The molecule has 0 unspecified atom stereocenters. The van der Waals surface area contributed by atoms with Crippen LogP contribution in [0.25, 0.3) is 10.4 Å². The quantitative estimate of drug-likeness (QED) is 0.427. The number of carbonyl (C=O) groups excluding carboxylic acids is 2. The number of nitrogens with zero attached hydrogens (tertiary/aromatic N) is 3. The third-order valence-electron chi connectivity index (χ3n) is 6.90. The Morgan fingerprint density at radius 3 is 2.69 bits per heavy atom. The molecule has 0 bridgehead atoms. The summed E-state index contributed by atoms with van der Waals surface area (Å²) in [5.41, 5.74) is 3.35. The summed E-state index contributed by atoms with van der Waals surface area (Å²) >= 11 is 8.02. The molecule has 0 N–H and O–H groups in total. The summed E-state index contributed by atoms with van der Waals surface area (Å²) in [5, 5.41) is 0.533. The third kappa shape index (κ3) is 4.48. The Kier molecular flexibility index (Phi) is 6.08. The van der Waals surface area contributed by atoms with Crippen molar-refractivity contribution >= 4 is 46.1 Å². The number of pyridine rings is 1. The molecule has 0 spiro atoms. The molecule has 180 valence electrons. The molecule has 2 aliphatic heterocycles. The Morgan fingerprint density at radius 1 is 1.09 bits per heavy atom. The Balaban J connectivity index is 1.32. The van der Waals surface area contributed by atoms with Crippen LogP contribution in [0.15, 0.2) is 42.5 Å². The van der Waals surface area contributed by atoms with E-state index in [9.17, 15) is 9.59 Å². The molecule has 1 saturated carbocycles. The first-order valence-corrected chi connectivity index (χ1v) is 13.3. The lowest BCUT2D eigenvalue weighted by Crippen LogP contribution is -2.38. The normalized spacial score (nSPS) is 17.5. The fraction of sp³-hybridized carbons (Fsp3) is 0.370. The first kappa shape index (κ1) is 22.7. The molecule has 0 atom stereocenters. The van der Waals surface area contributed by atoms with Crippen LogP contribution in [0.5, 0.6) is 0 Å². The van der Waals surface area contributed by atoms with Gasteiger partial charge in [-0.05, 0) is 55.0 Å². The maximum absolute atomic E-state index is 13.8. The lowest BCUT2D eigenvalue weighted by molar-refractivity contribution is 0.0972. The second-order valence-corrected chi connectivity index (χ2v) is 10.8. The Bertz CT molecular complexity index is 1300. The molecule has 1 aliphatic carbocycles. The maximum atomic E-state index is 13.8. The maximum Gasteiger partial charge on any atom is 0.276 e. The van der Waals surface area contributed by atoms with Gasteiger partial charge < -0.3 is 14.5 Å². The van der Waals surface area contributed by atoms with Crippen molar-refractivity contribution in [1.82, 2.24) is 4.98 Å². The Labute approximate surface area is 213 Å². The minimum atomic E-state index is -0.149. The predicted molar refractivity (Wildman–Crippen MR) is 139 cm³/mol. The summed E-state index contributed by atoms with van der Waals surface area (Å²) in [5.74, 6) is 1.29. The number of ketones is 1. The van der Waals surface area contributed by atoms with Gasteiger partial charge in [0, 0.05) is 36.5 Å². The first-order valence-electron chi connectivity index (χ1n) is 12.1. The smallest absolute Gasteiger partial charge is 0.276 e. The molecule has 0 radical (unpaired) electrons. The fourth-order valence-electron chi connectivity index (χ4n) is 4.81. The molecular weight excluding hydrogens is 482 g/mol. The van der Waals surface area contributed by atoms with Crippen molar-refractivity contribution < 1.29 is 14.3 Å². The third-order valence-corrected chi connectivity index (χ3v) is 8.45. The standard InChI is InChI=1S/C27H26ClN3O3S/c28-20-7-8-21(29-26(20)30-11-13-34-14-12-30)27(33)31-10-9-18-16-24(23(32)15-17-5-6-17)35-25(18)19-3-1-2-4-22(19)31/h1-4,7-8,16-17H,5-6,9-15H2. The average Bonchev–Trinajstić information content (AvgIpc) is 3.63. The van der Waals surface area contributed by atoms with Crippen molar-refractivity contribution in [2.45, 2.75) is 25.7 Å². The number of morpholine rings is 1. The van der Waals surface area contributed by atoms with Gasteiger partial charge in [0.15, 0.2) is 5.78 Å². The van der Waals surface area contributed by atoms with E-state index in [0.717, 1.165) is 26.6 Å². The van der Waals surface area contributed by atoms with Gasteiger partial charge >= 0.3 is 0 Å². The van der Waals surface area contributed by atoms with E-state index in [-0.39, 0.29) is 11.7 Å². The summed E-state index contributed by atoms with van der Waals surface area (Å²) in [6.45, 7) is 3.14. The molecule has 6 nitrogen and oxygen atoms in total. The predicted octanol–water partition coefficient (Wildman–Crippen LogP) is 5.49. The number of rotatable bonds is 5. The largest absolute Gasteiger partial charge is 0.378 e. The van der Waals surface area contributed by atoms with Gasteiger partial charge in [-0.15, -0.1) is 11.3 Å². The fourth-order valence-corrected chi connectivity index (χ4v) is 6.23. The van der Waals surface area contributed by atoms with Gasteiger partial charge in [0.25, 0.3) is 5.91 Å². The van der Waals surface area contributed by atoms with Gasteiger partial charge in [0.1, 0.15) is 11.5 Å². The van der Waals surface area contributed by atoms with Crippen molar-refractivity contribution in [1.29, 1.82) is 0 Å². The van der Waals surface area contributed by atoms with E-state index in [1.54, 1.807) is 23.5 Å². The molecule has 2 aromatic heterocycles. The monoisotopic (exact) mass is 507 g/mol. The highest BCUT2D eigenvalue weighted by atomic mass is 35.5. The van der Waals surface area contributed by atoms with Gasteiger partial charge in [-0.3, -0.25) is 9.59 Å². The molecule has 35 heavy (non-hydrogen) atoms. The lowest BCUT2D eigenvalue weighted by atomic mass is 10.1. The number of hydrogen-bond acceptors (Lipinski definition) is 6. The molecule has 8 heteroatoms. The van der Waals surface area contributed by atoms with E-state index < -0.39 is 0 Å². The first-order chi connectivity index (χ1) is 17.1. The molecular formula is C27H26ClN3O3S. The van der Waals surface area contributed by atoms with Crippen LogP contribution in [0.1, 0.15) is 45.0 Å². The van der Waals surface area contributed by atoms with Crippen LogP contribution >= 0.6 is 22.9 Å². The number of halogens is 1. The second kappa shape index (κ2) is 9.37. The molecule has 3 aliphatic rings. The van der Waals surface area contributed by atoms with Crippen molar-refractivity contribution in [3.8, 4) is 10.4 Å². The number of para-hydroxylation sites is 1. The van der Waals surface area contributed by atoms with Crippen LogP contribution in [-0.4, -0.2) is 49.5 Å². The SMILES string of the molecule is O=C(CC1CC1)c1cc2c(s1)-c1ccccc1N(C(=O)c1ccc(Cl)c(N3CCOCC3)n1)CC2. The summed E-state index contributed by atoms with van der Waals surface area (Å²) < 4.78 is 5.45. The van der Waals surface area contributed by atoms with Gasteiger partial charge in [-0.25, -0.2) is 4.98 Å². The molecule has 1 aromatic carbocycles. The lowest BCUT2D eigenvalue weighted by Gasteiger charge is -2.29. The van der Waals surface area contributed by atoms with E-state index in [0.29, 0.717) is 68.1 Å². The molecule has 1 amide bonds. The zero-order valence-corrected chi connectivity index (χ0v) is 20.9. The van der Waals surface area contributed by atoms with E-state index in [1.165, 1.54) is 12.8 Å². The number of anilines is 2. The van der Waals surface area contributed by atoms with Gasteiger partial charge in [-0.1, -0.05) is 29.8 Å². The van der Waals surface area contributed by atoms with E-state index in [1.807, 2.05) is 35.2 Å². The number of amides is 1. The summed E-state index contributed by atoms with van der Waals surface area (Å²) in [4.78, 5) is 37.0. The zero-order chi connectivity index (χ0) is 23.9. The molecule has 6 rings (SSSR count). The minimum Gasteiger partial charge on any atom is -0.378 e. The molecule has 4 heterocycles. The van der Waals surface area contributed by atoms with Crippen molar-refractivity contribution in [3.05, 3.63) is 63.6 Å². The zero-order valence-electron chi connectivity index (χ0n) is 19.3. The summed E-state index contributed by atoms with van der Waals surface area (Å²) in [6.07, 6.45) is 3.68. The second-order valence-electron chi connectivity index (χ2n) is 9.36. The summed E-state index contributed by atoms with van der Waals surface area (Å²) in [7, 11) is 0. The molecule has 2 fully saturated rings. The van der Waals surface area contributed by atoms with Crippen LogP contribution < -0.4 is 9.80 Å². The highest BCUT2D eigenvalue weighted by Crippen LogP contribution is 2.43. The number of hydrogen-bond donors (Lipinski definition) is 0. The molecule has 3 aromatic rings. The van der Waals surface area contributed by atoms with E-state index in [2.05, 4.69) is 9.88 Å². The number of carbonyl (C=O) groups is 2. The Hall–Kier alpha value is -2.74. The van der Waals surface area contributed by atoms with Crippen LogP contribution in [0.4, 0.5) is 11.5 Å². The van der Waals surface area contributed by atoms with Crippen LogP contribution in [0.3, 0.4) is 0 Å². The van der Waals surface area contributed by atoms with Gasteiger partial charge in [-0.2, -0.15) is 0 Å². The molecule has 1 saturated heterocycles.